The zero-order valence-corrected chi connectivity index (χ0v) is 8.19. The lowest BCUT2D eigenvalue weighted by atomic mass is 9.98. The lowest BCUT2D eigenvalue weighted by molar-refractivity contribution is -0.133. The number of ether oxygens (including phenoxy) is 1. The molecule has 68 valence electrons. The van der Waals surface area contributed by atoms with E-state index >= 15 is 0 Å². The Balaban J connectivity index is 2.41. The molecule has 0 radical (unpaired) electrons. The molecule has 0 aliphatic heterocycles. The molecule has 1 heterocycles. The Hall–Kier alpha value is -1.09. The van der Waals surface area contributed by atoms with E-state index in [0.29, 0.717) is 0 Å². The van der Waals surface area contributed by atoms with Gasteiger partial charge in [0.1, 0.15) is 0 Å². The summed E-state index contributed by atoms with van der Waals surface area (Å²) in [6, 6.07) is 1.99. The smallest absolute Gasteiger partial charge is 0.338 e. The van der Waals surface area contributed by atoms with Crippen molar-refractivity contribution in [1.82, 2.24) is 0 Å². The number of fused-ring (bicyclic) bond motifs is 1. The lowest BCUT2D eigenvalue weighted by Gasteiger charge is -2.11. The minimum Gasteiger partial charge on any atom is -0.465 e. The molecule has 1 aliphatic carbocycles. The van der Waals surface area contributed by atoms with Crippen molar-refractivity contribution in [2.24, 2.45) is 0 Å². The highest BCUT2D eigenvalue weighted by atomic mass is 32.1. The summed E-state index contributed by atoms with van der Waals surface area (Å²) < 4.78 is 4.71. The van der Waals surface area contributed by atoms with Crippen LogP contribution in [0.4, 0.5) is 0 Å². The number of hydrogen-bond acceptors (Lipinski definition) is 3. The van der Waals surface area contributed by atoms with E-state index in [1.807, 2.05) is 17.5 Å². The van der Waals surface area contributed by atoms with Crippen molar-refractivity contribution in [3.8, 4) is 0 Å². The molecule has 0 aromatic carbocycles. The number of thiophene rings is 1. The molecule has 1 aliphatic rings. The number of carbonyl (C=O) groups excluding carboxylic acids is 1. The van der Waals surface area contributed by atoms with E-state index < -0.39 is 0 Å². The molecule has 1 aromatic heterocycles. The van der Waals surface area contributed by atoms with Crippen molar-refractivity contribution >= 4 is 22.9 Å². The Bertz CT molecular complexity index is 363. The fourth-order valence-electron chi connectivity index (χ4n) is 1.54. The van der Waals surface area contributed by atoms with Gasteiger partial charge in [-0.2, -0.15) is 0 Å². The first-order chi connectivity index (χ1) is 6.33. The zero-order chi connectivity index (χ0) is 9.26. The molecule has 1 aromatic rings. The van der Waals surface area contributed by atoms with Crippen LogP contribution in [0.25, 0.3) is 5.57 Å². The molecular weight excluding hydrogens is 184 g/mol. The standard InChI is InChI=1S/C10H10O2S/c1-12-10(11)8-3-2-4-9-7(8)5-6-13-9/h3,5-6H,2,4H2,1H3. The molecule has 0 unspecified atom stereocenters. The fourth-order valence-corrected chi connectivity index (χ4v) is 2.44. The van der Waals surface area contributed by atoms with E-state index in [1.165, 1.54) is 12.0 Å². The topological polar surface area (TPSA) is 26.3 Å². The summed E-state index contributed by atoms with van der Waals surface area (Å²) in [6.07, 6.45) is 3.95. The van der Waals surface area contributed by atoms with E-state index in [9.17, 15) is 4.79 Å². The maximum absolute atomic E-state index is 11.3. The summed E-state index contributed by atoms with van der Waals surface area (Å²) in [5.74, 6) is -0.223. The summed E-state index contributed by atoms with van der Waals surface area (Å²) >= 11 is 1.71. The van der Waals surface area contributed by atoms with E-state index in [1.54, 1.807) is 11.3 Å². The quantitative estimate of drug-likeness (QED) is 0.641. The Morgan fingerprint density at radius 3 is 3.23 bits per heavy atom. The van der Waals surface area contributed by atoms with Crippen LogP contribution >= 0.6 is 11.3 Å². The van der Waals surface area contributed by atoms with Gasteiger partial charge in [0, 0.05) is 10.4 Å². The van der Waals surface area contributed by atoms with Gasteiger partial charge >= 0.3 is 5.97 Å². The van der Waals surface area contributed by atoms with Crippen molar-refractivity contribution in [3.05, 3.63) is 28.0 Å². The summed E-state index contributed by atoms with van der Waals surface area (Å²) in [7, 11) is 1.42. The third kappa shape index (κ3) is 1.40. The van der Waals surface area contributed by atoms with Crippen LogP contribution in [0, 0.1) is 0 Å². The number of allylic oxidation sites excluding steroid dienone is 1. The van der Waals surface area contributed by atoms with Crippen LogP contribution in [0.15, 0.2) is 17.5 Å². The lowest BCUT2D eigenvalue weighted by Crippen LogP contribution is -2.07. The van der Waals surface area contributed by atoms with Crippen molar-refractivity contribution in [2.45, 2.75) is 12.8 Å². The molecule has 2 rings (SSSR count). The number of aryl methyl sites for hydroxylation is 1. The number of hydrogen-bond donors (Lipinski definition) is 0. The maximum Gasteiger partial charge on any atom is 0.338 e. The molecule has 2 nitrogen and oxygen atoms in total. The van der Waals surface area contributed by atoms with E-state index in [2.05, 4.69) is 0 Å². The van der Waals surface area contributed by atoms with Gasteiger partial charge < -0.3 is 4.74 Å². The molecule has 0 saturated heterocycles. The molecule has 3 heteroatoms. The second-order valence-corrected chi connectivity index (χ2v) is 3.91. The van der Waals surface area contributed by atoms with Crippen LogP contribution in [0.3, 0.4) is 0 Å². The predicted octanol–water partition coefficient (Wildman–Crippen LogP) is 2.25. The number of methoxy groups -OCH3 is 1. The predicted molar refractivity (Wildman–Crippen MR) is 52.6 cm³/mol. The van der Waals surface area contributed by atoms with E-state index in [4.69, 9.17) is 4.74 Å². The van der Waals surface area contributed by atoms with Gasteiger partial charge in [-0.1, -0.05) is 6.08 Å². The first kappa shape index (κ1) is 8.51. The van der Waals surface area contributed by atoms with Gasteiger partial charge in [-0.3, -0.25) is 0 Å². The first-order valence-corrected chi connectivity index (χ1v) is 5.06. The van der Waals surface area contributed by atoms with Gasteiger partial charge in [0.15, 0.2) is 0 Å². The maximum atomic E-state index is 11.3. The van der Waals surface area contributed by atoms with Crippen LogP contribution in [0.2, 0.25) is 0 Å². The number of carbonyl (C=O) groups is 1. The minimum atomic E-state index is -0.223. The highest BCUT2D eigenvalue weighted by molar-refractivity contribution is 7.10. The Morgan fingerprint density at radius 1 is 1.62 bits per heavy atom. The number of rotatable bonds is 1. The Morgan fingerprint density at radius 2 is 2.46 bits per heavy atom. The molecule has 0 N–H and O–H groups in total. The molecule has 0 atom stereocenters. The zero-order valence-electron chi connectivity index (χ0n) is 7.37. The monoisotopic (exact) mass is 194 g/mol. The highest BCUT2D eigenvalue weighted by Crippen LogP contribution is 2.30. The summed E-state index contributed by atoms with van der Waals surface area (Å²) in [5, 5.41) is 2.02. The van der Waals surface area contributed by atoms with E-state index in [0.717, 1.165) is 24.0 Å². The third-order valence-electron chi connectivity index (χ3n) is 2.16. The molecule has 0 saturated carbocycles. The molecule has 0 fully saturated rings. The summed E-state index contributed by atoms with van der Waals surface area (Å²) in [6.45, 7) is 0. The van der Waals surface area contributed by atoms with Gasteiger partial charge in [-0.15, -0.1) is 11.3 Å². The summed E-state index contributed by atoms with van der Waals surface area (Å²) in [5.41, 5.74) is 1.79. The van der Waals surface area contributed by atoms with Crippen molar-refractivity contribution in [3.63, 3.8) is 0 Å². The second kappa shape index (κ2) is 3.34. The Labute approximate surface area is 80.8 Å². The molecule has 0 bridgehead atoms. The summed E-state index contributed by atoms with van der Waals surface area (Å²) in [4.78, 5) is 12.6. The van der Waals surface area contributed by atoms with E-state index in [-0.39, 0.29) is 5.97 Å². The van der Waals surface area contributed by atoms with Gasteiger partial charge in [-0.25, -0.2) is 4.79 Å². The largest absolute Gasteiger partial charge is 0.465 e. The van der Waals surface area contributed by atoms with Crippen LogP contribution in [0.5, 0.6) is 0 Å². The molecule has 13 heavy (non-hydrogen) atoms. The molecular formula is C10H10O2S. The van der Waals surface area contributed by atoms with Gasteiger partial charge in [0.25, 0.3) is 0 Å². The second-order valence-electron chi connectivity index (χ2n) is 2.91. The average molecular weight is 194 g/mol. The Kier molecular flexibility index (Phi) is 2.19. The van der Waals surface area contributed by atoms with Crippen LogP contribution in [-0.4, -0.2) is 13.1 Å². The van der Waals surface area contributed by atoms with Crippen molar-refractivity contribution < 1.29 is 9.53 Å². The van der Waals surface area contributed by atoms with Crippen molar-refractivity contribution in [1.29, 1.82) is 0 Å². The third-order valence-corrected chi connectivity index (χ3v) is 3.14. The first-order valence-electron chi connectivity index (χ1n) is 4.18. The van der Waals surface area contributed by atoms with Gasteiger partial charge in [0.2, 0.25) is 0 Å². The molecule has 0 spiro atoms. The fraction of sp³-hybridized carbons (Fsp3) is 0.300. The SMILES string of the molecule is COC(=O)C1=CCCc2sccc21. The van der Waals surface area contributed by atoms with Gasteiger partial charge in [0.05, 0.1) is 12.7 Å². The van der Waals surface area contributed by atoms with Crippen LogP contribution in [0.1, 0.15) is 16.9 Å². The van der Waals surface area contributed by atoms with Crippen molar-refractivity contribution in [2.75, 3.05) is 7.11 Å². The van der Waals surface area contributed by atoms with Crippen LogP contribution in [-0.2, 0) is 16.0 Å². The normalized spacial score (nSPS) is 14.7. The minimum absolute atomic E-state index is 0.223. The molecule has 0 amide bonds. The highest BCUT2D eigenvalue weighted by Gasteiger charge is 2.19. The number of esters is 1. The van der Waals surface area contributed by atoms with Gasteiger partial charge in [-0.05, 0) is 24.3 Å². The average Bonchev–Trinajstić information content (AvgIpc) is 2.63. The van der Waals surface area contributed by atoms with Crippen LogP contribution < -0.4 is 0 Å².